The molecule has 10 heteroatoms. The van der Waals surface area contributed by atoms with Crippen LogP contribution in [0.2, 0.25) is 0 Å². The molecular weight excluding hydrogens is 484 g/mol. The van der Waals surface area contributed by atoms with Crippen molar-refractivity contribution in [2.45, 2.75) is 0 Å². The zero-order valence-electron chi connectivity index (χ0n) is 19.2. The number of aromatic carboxylic acids is 1. The summed E-state index contributed by atoms with van der Waals surface area (Å²) in [5.74, 6) is -1.44. The maximum atomic E-state index is 13.4. The summed E-state index contributed by atoms with van der Waals surface area (Å²) in [6.45, 7) is 0. The number of carboxylic acids is 1. The summed E-state index contributed by atoms with van der Waals surface area (Å²) in [7, 11) is 2.67. The second kappa shape index (κ2) is 10.3. The second-order valence-corrected chi connectivity index (χ2v) is 7.82. The lowest BCUT2D eigenvalue weighted by Gasteiger charge is -2.29. The molecule has 1 aliphatic rings. The van der Waals surface area contributed by atoms with Gasteiger partial charge in [-0.3, -0.25) is 19.8 Å². The Hall–Kier alpha value is -4.70. The number of methoxy groups -OCH3 is 2. The monoisotopic (exact) mass is 504 g/mol. The lowest BCUT2D eigenvalue weighted by atomic mass is 10.0. The number of nitrogens with one attached hydrogen (secondary N) is 1. The van der Waals surface area contributed by atoms with Crippen LogP contribution in [0.1, 0.15) is 15.9 Å². The number of para-hydroxylation sites is 1. The van der Waals surface area contributed by atoms with E-state index in [2.05, 4.69) is 5.32 Å². The molecule has 4 rings (SSSR count). The molecule has 2 N–H and O–H groups in total. The number of nitrogens with zero attached hydrogens (tertiary/aromatic N) is 1. The van der Waals surface area contributed by atoms with Gasteiger partial charge in [-0.15, -0.1) is 0 Å². The van der Waals surface area contributed by atoms with Crippen LogP contribution in [-0.4, -0.2) is 42.2 Å². The molecule has 1 fully saturated rings. The van der Waals surface area contributed by atoms with Crippen LogP contribution in [0, 0.1) is 0 Å². The molecule has 0 aromatic heterocycles. The predicted molar refractivity (Wildman–Crippen MR) is 136 cm³/mol. The fourth-order valence-electron chi connectivity index (χ4n) is 3.62. The van der Waals surface area contributed by atoms with E-state index < -0.39 is 17.8 Å². The molecule has 1 saturated heterocycles. The van der Waals surface area contributed by atoms with Crippen LogP contribution in [0.5, 0.6) is 23.0 Å². The van der Waals surface area contributed by atoms with Crippen molar-refractivity contribution in [2.24, 2.45) is 0 Å². The molecule has 0 radical (unpaired) electrons. The van der Waals surface area contributed by atoms with Gasteiger partial charge in [-0.1, -0.05) is 24.3 Å². The number of hydrogen-bond donors (Lipinski definition) is 2. The third-order valence-electron chi connectivity index (χ3n) is 5.27. The van der Waals surface area contributed by atoms with Gasteiger partial charge < -0.3 is 19.3 Å². The van der Waals surface area contributed by atoms with Crippen LogP contribution in [0.15, 0.2) is 72.3 Å². The van der Waals surface area contributed by atoms with Crippen LogP contribution in [0.4, 0.5) is 5.69 Å². The summed E-state index contributed by atoms with van der Waals surface area (Å²) < 4.78 is 16.1. The normalized spacial score (nSPS) is 14.4. The minimum atomic E-state index is -1.32. The summed E-state index contributed by atoms with van der Waals surface area (Å²) in [6.07, 6.45) is 1.19. The summed E-state index contributed by atoms with van der Waals surface area (Å²) in [4.78, 5) is 39.2. The minimum absolute atomic E-state index is 0.0376. The molecular formula is C26H20N2O7S. The van der Waals surface area contributed by atoms with Gasteiger partial charge in [0.15, 0.2) is 16.6 Å². The Bertz CT molecular complexity index is 1390. The lowest BCUT2D eigenvalue weighted by Crippen LogP contribution is -2.54. The first-order chi connectivity index (χ1) is 17.3. The average molecular weight is 505 g/mol. The maximum absolute atomic E-state index is 13.4. The Labute approximate surface area is 211 Å². The van der Waals surface area contributed by atoms with Crippen molar-refractivity contribution in [3.05, 3.63) is 83.4 Å². The highest BCUT2D eigenvalue weighted by Gasteiger charge is 2.35. The molecule has 1 aliphatic heterocycles. The Balaban J connectivity index is 1.69. The smallest absolute Gasteiger partial charge is 0.340 e. The molecule has 36 heavy (non-hydrogen) atoms. The van der Waals surface area contributed by atoms with Crippen LogP contribution in [-0.2, 0) is 9.59 Å². The summed E-state index contributed by atoms with van der Waals surface area (Å²) in [5.41, 5.74) is -0.0879. The van der Waals surface area contributed by atoms with Gasteiger partial charge in [0.1, 0.15) is 22.6 Å². The number of rotatable bonds is 7. The van der Waals surface area contributed by atoms with E-state index in [0.29, 0.717) is 17.2 Å². The third-order valence-corrected chi connectivity index (χ3v) is 5.55. The van der Waals surface area contributed by atoms with E-state index in [1.165, 1.54) is 32.4 Å². The summed E-state index contributed by atoms with van der Waals surface area (Å²) in [5, 5.41) is 12.1. The predicted octanol–water partition coefficient (Wildman–Crippen LogP) is 4.03. The quantitative estimate of drug-likeness (QED) is 0.282. The van der Waals surface area contributed by atoms with Crippen LogP contribution >= 0.6 is 12.2 Å². The van der Waals surface area contributed by atoms with E-state index >= 15 is 0 Å². The molecule has 0 aliphatic carbocycles. The molecule has 0 spiro atoms. The zero-order chi connectivity index (χ0) is 25.8. The Kier molecular flexibility index (Phi) is 6.98. The van der Waals surface area contributed by atoms with Crippen LogP contribution in [0.3, 0.4) is 0 Å². The molecule has 0 saturated carbocycles. The van der Waals surface area contributed by atoms with E-state index in [1.54, 1.807) is 24.3 Å². The van der Waals surface area contributed by atoms with Crippen molar-refractivity contribution < 1.29 is 33.7 Å². The van der Waals surface area contributed by atoms with Gasteiger partial charge in [-0.25, -0.2) is 4.79 Å². The van der Waals surface area contributed by atoms with Gasteiger partial charge >= 0.3 is 5.97 Å². The first kappa shape index (κ1) is 24.4. The van der Waals surface area contributed by atoms with E-state index in [4.69, 9.17) is 26.4 Å². The van der Waals surface area contributed by atoms with Gasteiger partial charge in [-0.2, -0.15) is 0 Å². The largest absolute Gasteiger partial charge is 0.493 e. The molecule has 0 unspecified atom stereocenters. The molecule has 2 amide bonds. The SMILES string of the molecule is COc1ccc(/C=C2\C(=O)NC(=S)N(c3ccc(Oc4ccccc4)cc3)C2=O)c(C(=O)O)c1OC. The molecule has 1 heterocycles. The van der Waals surface area contributed by atoms with Crippen LogP contribution in [0.25, 0.3) is 6.08 Å². The number of thiocarbonyl (C=S) groups is 1. The fourth-order valence-corrected chi connectivity index (χ4v) is 3.90. The maximum Gasteiger partial charge on any atom is 0.340 e. The number of benzene rings is 3. The highest BCUT2D eigenvalue weighted by molar-refractivity contribution is 7.80. The van der Waals surface area contributed by atoms with Crippen molar-refractivity contribution in [1.82, 2.24) is 5.32 Å². The topological polar surface area (TPSA) is 114 Å². The number of anilines is 1. The van der Waals surface area contributed by atoms with E-state index in [1.807, 2.05) is 30.3 Å². The average Bonchev–Trinajstić information content (AvgIpc) is 2.87. The molecule has 3 aromatic rings. The van der Waals surface area contributed by atoms with Crippen molar-refractivity contribution in [1.29, 1.82) is 0 Å². The van der Waals surface area contributed by atoms with Crippen molar-refractivity contribution >= 4 is 46.9 Å². The van der Waals surface area contributed by atoms with Gasteiger partial charge in [0.2, 0.25) is 0 Å². The number of hydrogen-bond acceptors (Lipinski definition) is 7. The van der Waals surface area contributed by atoms with Crippen molar-refractivity contribution in [3.63, 3.8) is 0 Å². The number of carbonyl (C=O) groups is 3. The number of ether oxygens (including phenoxy) is 3. The fraction of sp³-hybridized carbons (Fsp3) is 0.0769. The van der Waals surface area contributed by atoms with E-state index in [-0.39, 0.29) is 33.3 Å². The summed E-state index contributed by atoms with van der Waals surface area (Å²) in [6, 6.07) is 18.7. The Morgan fingerprint density at radius 1 is 0.944 bits per heavy atom. The Morgan fingerprint density at radius 2 is 1.61 bits per heavy atom. The standard InChI is InChI=1S/C26H20N2O7S/c1-33-20-13-8-15(21(25(31)32)22(20)34-2)14-19-23(29)27-26(36)28(24(19)30)16-9-11-18(12-10-16)35-17-6-4-3-5-7-17/h3-14H,1-2H3,(H,31,32)(H,27,29,36)/b19-14+. The molecule has 3 aromatic carbocycles. The molecule has 0 bridgehead atoms. The Morgan fingerprint density at radius 3 is 2.22 bits per heavy atom. The number of carbonyl (C=O) groups excluding carboxylic acids is 2. The van der Waals surface area contributed by atoms with Gasteiger partial charge in [0.05, 0.1) is 19.9 Å². The molecule has 0 atom stereocenters. The highest BCUT2D eigenvalue weighted by atomic mass is 32.1. The lowest BCUT2D eigenvalue weighted by molar-refractivity contribution is -0.122. The van der Waals surface area contributed by atoms with E-state index in [9.17, 15) is 19.5 Å². The molecule has 9 nitrogen and oxygen atoms in total. The highest BCUT2D eigenvalue weighted by Crippen LogP contribution is 2.35. The van der Waals surface area contributed by atoms with Gasteiger partial charge in [0.25, 0.3) is 11.8 Å². The zero-order valence-corrected chi connectivity index (χ0v) is 20.0. The van der Waals surface area contributed by atoms with Gasteiger partial charge in [-0.05, 0) is 66.3 Å². The molecule has 182 valence electrons. The minimum Gasteiger partial charge on any atom is -0.493 e. The number of amides is 2. The first-order valence-corrected chi connectivity index (χ1v) is 11.0. The van der Waals surface area contributed by atoms with Crippen LogP contribution < -0.4 is 24.4 Å². The van der Waals surface area contributed by atoms with Crippen molar-refractivity contribution in [2.75, 3.05) is 19.1 Å². The number of carboxylic acid groups (broad SMARTS) is 1. The van der Waals surface area contributed by atoms with Crippen molar-refractivity contribution in [3.8, 4) is 23.0 Å². The third kappa shape index (κ3) is 4.75. The first-order valence-electron chi connectivity index (χ1n) is 10.6. The second-order valence-electron chi connectivity index (χ2n) is 7.44. The summed E-state index contributed by atoms with van der Waals surface area (Å²) >= 11 is 5.24. The van der Waals surface area contributed by atoms with Gasteiger partial charge in [0, 0.05) is 0 Å². The van der Waals surface area contributed by atoms with E-state index in [0.717, 1.165) is 4.90 Å².